The Labute approximate surface area is 321 Å². The third-order valence-electron chi connectivity index (χ3n) is 10.1. The lowest BCUT2D eigenvalue weighted by Crippen LogP contribution is -2.29. The molecular weight excluding hydrogens is 675 g/mol. The minimum atomic E-state index is -4.74. The second kappa shape index (κ2) is 39.7. The monoisotopic (exact) mass is 761 g/mol. The number of carbonyl (C=O) groups excluding carboxylic acids is 2. The van der Waals surface area contributed by atoms with Gasteiger partial charge >= 0.3 is 19.8 Å². The van der Waals surface area contributed by atoms with E-state index in [-0.39, 0.29) is 19.4 Å². The van der Waals surface area contributed by atoms with Gasteiger partial charge in [-0.1, -0.05) is 219 Å². The van der Waals surface area contributed by atoms with Gasteiger partial charge in [-0.2, -0.15) is 0 Å². The van der Waals surface area contributed by atoms with E-state index < -0.39 is 32.5 Å². The van der Waals surface area contributed by atoms with E-state index in [1.54, 1.807) is 0 Å². The van der Waals surface area contributed by atoms with E-state index in [0.717, 1.165) is 32.1 Å². The van der Waals surface area contributed by atoms with Crippen LogP contribution < -0.4 is 0 Å². The Morgan fingerprint density at radius 3 is 0.981 bits per heavy atom. The van der Waals surface area contributed by atoms with Crippen LogP contribution in [0.4, 0.5) is 0 Å². The highest BCUT2D eigenvalue weighted by molar-refractivity contribution is 7.46. The number of carbonyl (C=O) groups is 2. The highest BCUT2D eigenvalue weighted by Crippen LogP contribution is 2.36. The van der Waals surface area contributed by atoms with Gasteiger partial charge in [-0.25, -0.2) is 4.57 Å². The van der Waals surface area contributed by atoms with Crippen LogP contribution in [0.1, 0.15) is 245 Å². The van der Waals surface area contributed by atoms with Crippen LogP contribution in [0.2, 0.25) is 0 Å². The first-order chi connectivity index (χ1) is 25.3. The van der Waals surface area contributed by atoms with E-state index in [1.165, 1.54) is 180 Å². The molecule has 0 aliphatic carbocycles. The first-order valence-corrected chi connectivity index (χ1v) is 23.9. The fraction of sp³-hybridized carbons (Fsp3) is 0.953. The van der Waals surface area contributed by atoms with Gasteiger partial charge < -0.3 is 19.3 Å². The van der Waals surface area contributed by atoms with Crippen molar-refractivity contribution in [1.29, 1.82) is 0 Å². The number of phosphoric acid groups is 1. The van der Waals surface area contributed by atoms with Crippen molar-refractivity contribution in [2.24, 2.45) is 0 Å². The van der Waals surface area contributed by atoms with Crippen molar-refractivity contribution in [2.45, 2.75) is 251 Å². The molecule has 0 aromatic rings. The molecule has 0 saturated heterocycles. The van der Waals surface area contributed by atoms with E-state index in [1.807, 2.05) is 0 Å². The standard InChI is InChI=1S/C43H85O8P/c1-3-5-7-9-11-13-15-17-18-19-20-21-22-23-24-25-26-28-30-32-34-36-38-43(45)51-41(40-50-52(46,47)48)39-49-42(44)37-35-33-31-29-27-16-14-12-10-8-6-4-2/h41H,3-40H2,1-2H3,(H2,46,47,48)/t41-/m1/s1. The molecule has 0 fully saturated rings. The zero-order chi connectivity index (χ0) is 38.2. The van der Waals surface area contributed by atoms with Gasteiger partial charge in [0.05, 0.1) is 6.61 Å². The minimum absolute atomic E-state index is 0.221. The third kappa shape index (κ3) is 41.8. The fourth-order valence-electron chi connectivity index (χ4n) is 6.79. The molecule has 0 spiro atoms. The molecule has 0 aromatic carbocycles. The zero-order valence-corrected chi connectivity index (χ0v) is 35.1. The smallest absolute Gasteiger partial charge is 0.462 e. The lowest BCUT2D eigenvalue weighted by Gasteiger charge is -2.18. The molecular formula is C43H85O8P. The van der Waals surface area contributed by atoms with Gasteiger partial charge in [-0.3, -0.25) is 14.1 Å². The minimum Gasteiger partial charge on any atom is -0.462 e. The van der Waals surface area contributed by atoms with Gasteiger partial charge in [0.15, 0.2) is 6.10 Å². The van der Waals surface area contributed by atoms with Crippen molar-refractivity contribution in [3.8, 4) is 0 Å². The van der Waals surface area contributed by atoms with Gasteiger partial charge in [0.1, 0.15) is 6.61 Å². The number of unbranched alkanes of at least 4 members (excludes halogenated alkanes) is 32. The summed E-state index contributed by atoms with van der Waals surface area (Å²) < 4.78 is 26.4. The number of rotatable bonds is 42. The molecule has 0 radical (unpaired) electrons. The van der Waals surface area contributed by atoms with Crippen LogP contribution >= 0.6 is 7.82 Å². The molecule has 0 bridgehead atoms. The predicted octanol–water partition coefficient (Wildman–Crippen LogP) is 13.6. The topological polar surface area (TPSA) is 119 Å². The average Bonchev–Trinajstić information content (AvgIpc) is 3.11. The summed E-state index contributed by atoms with van der Waals surface area (Å²) in [6.45, 7) is 3.72. The Hall–Kier alpha value is -0.950. The van der Waals surface area contributed by atoms with Crippen molar-refractivity contribution < 1.29 is 37.9 Å². The number of hydrogen-bond acceptors (Lipinski definition) is 6. The second-order valence-corrected chi connectivity index (χ2v) is 16.6. The third-order valence-corrected chi connectivity index (χ3v) is 10.6. The molecule has 310 valence electrons. The predicted molar refractivity (Wildman–Crippen MR) is 216 cm³/mol. The maximum atomic E-state index is 12.4. The maximum Gasteiger partial charge on any atom is 0.469 e. The van der Waals surface area contributed by atoms with Crippen molar-refractivity contribution in [2.75, 3.05) is 13.2 Å². The van der Waals surface area contributed by atoms with Crippen molar-refractivity contribution in [1.82, 2.24) is 0 Å². The van der Waals surface area contributed by atoms with Crippen LogP contribution in [0.15, 0.2) is 0 Å². The Kier molecular flexibility index (Phi) is 39.0. The molecule has 1 atom stereocenters. The lowest BCUT2D eigenvalue weighted by molar-refractivity contribution is -0.161. The molecule has 2 N–H and O–H groups in total. The molecule has 0 rings (SSSR count). The summed E-state index contributed by atoms with van der Waals surface area (Å²) in [6.07, 6.45) is 42.6. The van der Waals surface area contributed by atoms with Crippen LogP contribution in [0.25, 0.3) is 0 Å². The first kappa shape index (κ1) is 51.0. The molecule has 0 saturated carbocycles. The second-order valence-electron chi connectivity index (χ2n) is 15.4. The van der Waals surface area contributed by atoms with Crippen LogP contribution in [-0.2, 0) is 28.2 Å². The number of hydrogen-bond donors (Lipinski definition) is 2. The Bertz CT molecular complexity index is 817. The van der Waals surface area contributed by atoms with E-state index >= 15 is 0 Å². The number of ether oxygens (including phenoxy) is 2. The summed E-state index contributed by atoms with van der Waals surface area (Å²) in [5.74, 6) is -0.867. The average molecular weight is 761 g/mol. The summed E-state index contributed by atoms with van der Waals surface area (Å²) in [7, 11) is -4.74. The summed E-state index contributed by atoms with van der Waals surface area (Å²) in [5.41, 5.74) is 0. The lowest BCUT2D eigenvalue weighted by atomic mass is 10.0. The first-order valence-electron chi connectivity index (χ1n) is 22.3. The molecule has 8 nitrogen and oxygen atoms in total. The van der Waals surface area contributed by atoms with Crippen molar-refractivity contribution >= 4 is 19.8 Å². The molecule has 52 heavy (non-hydrogen) atoms. The van der Waals surface area contributed by atoms with Crippen LogP contribution in [0.3, 0.4) is 0 Å². The number of phosphoric ester groups is 1. The molecule has 0 amide bonds. The summed E-state index contributed by atoms with van der Waals surface area (Å²) in [4.78, 5) is 42.8. The van der Waals surface area contributed by atoms with Gasteiger partial charge in [0.2, 0.25) is 0 Å². The maximum absolute atomic E-state index is 12.4. The van der Waals surface area contributed by atoms with Gasteiger partial charge in [0, 0.05) is 12.8 Å². The van der Waals surface area contributed by atoms with Crippen LogP contribution in [0, 0.1) is 0 Å². The van der Waals surface area contributed by atoms with Crippen molar-refractivity contribution in [3.05, 3.63) is 0 Å². The molecule has 0 aliphatic heterocycles. The molecule has 0 unspecified atom stereocenters. The summed E-state index contributed by atoms with van der Waals surface area (Å²) in [6, 6.07) is 0. The SMILES string of the molecule is CCCCCCCCCCCCCCCCCCCCCCCCC(=O)O[C@H](COC(=O)CCCCCCCCCCCCCC)COP(=O)(O)O. The molecule has 9 heteroatoms. The molecule has 0 aliphatic rings. The summed E-state index contributed by atoms with van der Waals surface area (Å²) in [5, 5.41) is 0. The van der Waals surface area contributed by atoms with E-state index in [2.05, 4.69) is 18.4 Å². The quantitative estimate of drug-likeness (QED) is 0.0358. The van der Waals surface area contributed by atoms with E-state index in [0.29, 0.717) is 6.42 Å². The fourth-order valence-corrected chi connectivity index (χ4v) is 7.15. The highest BCUT2D eigenvalue weighted by Gasteiger charge is 2.23. The van der Waals surface area contributed by atoms with Crippen LogP contribution in [-0.4, -0.2) is 41.0 Å². The Morgan fingerprint density at radius 2 is 0.692 bits per heavy atom. The van der Waals surface area contributed by atoms with E-state index in [9.17, 15) is 14.2 Å². The van der Waals surface area contributed by atoms with Gasteiger partial charge in [0.25, 0.3) is 0 Å². The Balaban J connectivity index is 3.78. The highest BCUT2D eigenvalue weighted by atomic mass is 31.2. The normalized spacial score (nSPS) is 12.3. The molecule has 0 aromatic heterocycles. The Morgan fingerprint density at radius 1 is 0.423 bits per heavy atom. The number of esters is 2. The van der Waals surface area contributed by atoms with Gasteiger partial charge in [-0.15, -0.1) is 0 Å². The zero-order valence-electron chi connectivity index (χ0n) is 34.2. The summed E-state index contributed by atoms with van der Waals surface area (Å²) >= 11 is 0. The van der Waals surface area contributed by atoms with E-state index in [4.69, 9.17) is 19.3 Å². The molecule has 0 heterocycles. The van der Waals surface area contributed by atoms with Gasteiger partial charge in [-0.05, 0) is 12.8 Å². The largest absolute Gasteiger partial charge is 0.469 e. The van der Waals surface area contributed by atoms with Crippen molar-refractivity contribution in [3.63, 3.8) is 0 Å². The van der Waals surface area contributed by atoms with Crippen LogP contribution in [0.5, 0.6) is 0 Å².